The van der Waals surface area contributed by atoms with Crippen LogP contribution >= 0.6 is 11.6 Å². The van der Waals surface area contributed by atoms with Gasteiger partial charge in [-0.15, -0.1) is 0 Å². The third kappa shape index (κ3) is 4.66. The third-order valence-corrected chi connectivity index (χ3v) is 4.56. The first kappa shape index (κ1) is 17.6. The predicted molar refractivity (Wildman–Crippen MR) is 95.1 cm³/mol. The number of benzene rings is 1. The van der Waals surface area contributed by atoms with E-state index in [2.05, 4.69) is 20.2 Å². The van der Waals surface area contributed by atoms with Crippen molar-refractivity contribution in [3.63, 3.8) is 0 Å². The molecule has 0 atom stereocenters. The Bertz CT molecular complexity index is 729. The molecule has 1 aromatic heterocycles. The number of hydrogen-bond donors (Lipinski definition) is 1. The molecule has 1 aromatic carbocycles. The molecule has 1 N–H and O–H groups in total. The van der Waals surface area contributed by atoms with Crippen LogP contribution in [0, 0.1) is 5.82 Å². The van der Waals surface area contributed by atoms with Crippen molar-refractivity contribution in [2.75, 3.05) is 18.0 Å². The molecule has 1 aliphatic rings. The average Bonchev–Trinajstić information content (AvgIpc) is 2.64. The van der Waals surface area contributed by atoms with E-state index < -0.39 is 5.82 Å². The van der Waals surface area contributed by atoms with Crippen molar-refractivity contribution >= 4 is 23.5 Å². The Morgan fingerprint density at radius 2 is 2.04 bits per heavy atom. The number of amides is 1. The molecule has 2 aromatic rings. The van der Waals surface area contributed by atoms with E-state index in [1.807, 2.05) is 0 Å². The van der Waals surface area contributed by atoms with Crippen molar-refractivity contribution in [1.29, 1.82) is 0 Å². The first-order chi connectivity index (χ1) is 12.1. The number of carbonyl (C=O) groups excluding carboxylic acids is 1. The maximum atomic E-state index is 13.7. The third-order valence-electron chi connectivity index (χ3n) is 4.21. The van der Waals surface area contributed by atoms with Gasteiger partial charge in [-0.2, -0.15) is 0 Å². The lowest BCUT2D eigenvalue weighted by Crippen LogP contribution is -2.31. The van der Waals surface area contributed by atoms with Crippen LogP contribution in [0.1, 0.15) is 30.5 Å². The van der Waals surface area contributed by atoms with E-state index in [0.29, 0.717) is 5.95 Å². The van der Waals surface area contributed by atoms with Crippen molar-refractivity contribution in [2.45, 2.75) is 32.2 Å². The van der Waals surface area contributed by atoms with Gasteiger partial charge >= 0.3 is 0 Å². The van der Waals surface area contributed by atoms with E-state index in [1.54, 1.807) is 18.3 Å². The zero-order valence-electron chi connectivity index (χ0n) is 13.8. The van der Waals surface area contributed by atoms with Crippen molar-refractivity contribution in [3.05, 3.63) is 52.6 Å². The van der Waals surface area contributed by atoms with Gasteiger partial charge in [-0.1, -0.05) is 17.7 Å². The second-order valence-electron chi connectivity index (χ2n) is 6.05. The Labute approximate surface area is 151 Å². The molecule has 25 heavy (non-hydrogen) atoms. The molecule has 0 unspecified atom stereocenters. The van der Waals surface area contributed by atoms with Gasteiger partial charge in [0.25, 0.3) is 0 Å². The molecule has 1 aliphatic heterocycles. The van der Waals surface area contributed by atoms with Gasteiger partial charge in [0.1, 0.15) is 5.82 Å². The molecule has 0 radical (unpaired) electrons. The molecule has 0 aliphatic carbocycles. The Morgan fingerprint density at radius 3 is 2.80 bits per heavy atom. The quantitative estimate of drug-likeness (QED) is 0.887. The fourth-order valence-electron chi connectivity index (χ4n) is 2.84. The summed E-state index contributed by atoms with van der Waals surface area (Å²) >= 11 is 5.95. The fourth-order valence-corrected chi connectivity index (χ4v) is 3.07. The second kappa shape index (κ2) is 8.25. The van der Waals surface area contributed by atoms with Gasteiger partial charge in [-0.25, -0.2) is 14.4 Å². The number of piperidine rings is 1. The maximum Gasteiger partial charge on any atom is 0.225 e. The number of nitrogens with zero attached hydrogens (tertiary/aromatic N) is 3. The highest BCUT2D eigenvalue weighted by atomic mass is 35.5. The molecule has 132 valence electrons. The smallest absolute Gasteiger partial charge is 0.225 e. The minimum absolute atomic E-state index is 0.102. The molecule has 1 saturated heterocycles. The van der Waals surface area contributed by atoms with Gasteiger partial charge in [0.15, 0.2) is 0 Å². The summed E-state index contributed by atoms with van der Waals surface area (Å²) in [4.78, 5) is 23.1. The number of halogens is 2. The summed E-state index contributed by atoms with van der Waals surface area (Å²) in [5.41, 5.74) is 0.932. The average molecular weight is 363 g/mol. The SMILES string of the molecule is O=C(Cc1c(F)cccc1Cl)NCc1ccnc(N2CCCCC2)n1. The molecule has 3 rings (SSSR count). The van der Waals surface area contributed by atoms with Crippen LogP contribution in [0.2, 0.25) is 5.02 Å². The summed E-state index contributed by atoms with van der Waals surface area (Å²) in [5.74, 6) is -0.0780. The van der Waals surface area contributed by atoms with Crippen LogP contribution in [0.4, 0.5) is 10.3 Å². The molecule has 0 bridgehead atoms. The lowest BCUT2D eigenvalue weighted by atomic mass is 10.1. The summed E-state index contributed by atoms with van der Waals surface area (Å²) < 4.78 is 13.7. The lowest BCUT2D eigenvalue weighted by molar-refractivity contribution is -0.120. The number of hydrogen-bond acceptors (Lipinski definition) is 4. The molecular weight excluding hydrogens is 343 g/mol. The molecule has 0 saturated carbocycles. The van der Waals surface area contributed by atoms with Gasteiger partial charge < -0.3 is 10.2 Å². The molecular formula is C18H20ClFN4O. The van der Waals surface area contributed by atoms with E-state index in [9.17, 15) is 9.18 Å². The lowest BCUT2D eigenvalue weighted by Gasteiger charge is -2.26. The summed E-state index contributed by atoms with van der Waals surface area (Å²) in [5, 5.41) is 3.01. The molecule has 0 spiro atoms. The standard InChI is InChI=1S/C18H20ClFN4O/c19-15-5-4-6-16(20)14(15)11-17(25)22-12-13-7-8-21-18(23-13)24-9-2-1-3-10-24/h4-8H,1-3,9-12H2,(H,22,25). The zero-order chi connectivity index (χ0) is 17.6. The highest BCUT2D eigenvalue weighted by Gasteiger charge is 2.15. The Morgan fingerprint density at radius 1 is 1.24 bits per heavy atom. The van der Waals surface area contributed by atoms with E-state index in [0.717, 1.165) is 31.6 Å². The Kier molecular flexibility index (Phi) is 5.81. The number of anilines is 1. The minimum Gasteiger partial charge on any atom is -0.350 e. The van der Waals surface area contributed by atoms with Crippen LogP contribution in [0.15, 0.2) is 30.5 Å². The topological polar surface area (TPSA) is 58.1 Å². The van der Waals surface area contributed by atoms with E-state index in [-0.39, 0.29) is 29.5 Å². The number of carbonyl (C=O) groups is 1. The first-order valence-corrected chi connectivity index (χ1v) is 8.78. The van der Waals surface area contributed by atoms with Crippen molar-refractivity contribution < 1.29 is 9.18 Å². The summed E-state index contributed by atoms with van der Waals surface area (Å²) in [6.07, 6.45) is 5.13. The molecule has 1 amide bonds. The second-order valence-corrected chi connectivity index (χ2v) is 6.46. The van der Waals surface area contributed by atoms with Crippen molar-refractivity contribution in [3.8, 4) is 0 Å². The van der Waals surface area contributed by atoms with Gasteiger partial charge in [0, 0.05) is 29.9 Å². The number of nitrogens with one attached hydrogen (secondary N) is 1. The minimum atomic E-state index is -0.475. The van der Waals surface area contributed by atoms with Crippen molar-refractivity contribution in [2.24, 2.45) is 0 Å². The van der Waals surface area contributed by atoms with Crippen LogP contribution < -0.4 is 10.2 Å². The molecule has 2 heterocycles. The first-order valence-electron chi connectivity index (χ1n) is 8.40. The zero-order valence-corrected chi connectivity index (χ0v) is 14.6. The summed E-state index contributed by atoms with van der Waals surface area (Å²) in [6, 6.07) is 6.15. The largest absolute Gasteiger partial charge is 0.350 e. The van der Waals surface area contributed by atoms with Gasteiger partial charge in [-0.05, 0) is 37.5 Å². The van der Waals surface area contributed by atoms with Crippen LogP contribution in [-0.2, 0) is 17.8 Å². The van der Waals surface area contributed by atoms with Crippen molar-refractivity contribution in [1.82, 2.24) is 15.3 Å². The summed E-state index contributed by atoms with van der Waals surface area (Å²) in [7, 11) is 0. The normalized spacial score (nSPS) is 14.4. The Balaban J connectivity index is 1.58. The van der Waals surface area contributed by atoms with Crippen LogP contribution in [0.5, 0.6) is 0 Å². The maximum absolute atomic E-state index is 13.7. The highest BCUT2D eigenvalue weighted by Crippen LogP contribution is 2.19. The molecule has 1 fully saturated rings. The fraction of sp³-hybridized carbons (Fsp3) is 0.389. The van der Waals surface area contributed by atoms with Crippen LogP contribution in [0.25, 0.3) is 0 Å². The molecule has 7 heteroatoms. The summed E-state index contributed by atoms with van der Waals surface area (Å²) in [6.45, 7) is 2.19. The van der Waals surface area contributed by atoms with Crippen LogP contribution in [-0.4, -0.2) is 29.0 Å². The number of aromatic nitrogens is 2. The Hall–Kier alpha value is -2.21. The van der Waals surface area contributed by atoms with Gasteiger partial charge in [0.2, 0.25) is 11.9 Å². The molecule has 5 nitrogen and oxygen atoms in total. The van der Waals surface area contributed by atoms with Gasteiger partial charge in [0.05, 0.1) is 18.7 Å². The van der Waals surface area contributed by atoms with Crippen LogP contribution in [0.3, 0.4) is 0 Å². The van der Waals surface area contributed by atoms with E-state index >= 15 is 0 Å². The van der Waals surface area contributed by atoms with Gasteiger partial charge in [-0.3, -0.25) is 4.79 Å². The predicted octanol–water partition coefficient (Wildman–Crippen LogP) is 3.12. The van der Waals surface area contributed by atoms with E-state index in [4.69, 9.17) is 11.6 Å². The number of rotatable bonds is 5. The monoisotopic (exact) mass is 362 g/mol. The highest BCUT2D eigenvalue weighted by molar-refractivity contribution is 6.31. The van der Waals surface area contributed by atoms with E-state index in [1.165, 1.54) is 18.6 Å².